The van der Waals surface area contributed by atoms with Crippen LogP contribution in [0.1, 0.15) is 52.8 Å². The van der Waals surface area contributed by atoms with Crippen LogP contribution in [0.3, 0.4) is 0 Å². The van der Waals surface area contributed by atoms with Crippen LogP contribution in [0.25, 0.3) is 6.08 Å². The van der Waals surface area contributed by atoms with E-state index in [4.69, 9.17) is 16.3 Å². The highest BCUT2D eigenvalue weighted by atomic mass is 35.5. The lowest BCUT2D eigenvalue weighted by Gasteiger charge is -2.12. The van der Waals surface area contributed by atoms with Crippen molar-refractivity contribution < 1.29 is 27.1 Å². The lowest BCUT2D eigenvalue weighted by atomic mass is 10.1. The Bertz CT molecular complexity index is 1140. The molecule has 0 saturated heterocycles. The molecule has 0 amide bonds. The number of alkyl halides is 4. The summed E-state index contributed by atoms with van der Waals surface area (Å²) in [5, 5.41) is 6.94. The fourth-order valence-corrected chi connectivity index (χ4v) is 3.35. The fraction of sp³-hybridized carbons (Fsp3) is 0.286. The summed E-state index contributed by atoms with van der Waals surface area (Å²) in [6.07, 6.45) is -1.64. The van der Waals surface area contributed by atoms with Crippen LogP contribution in [0.5, 0.6) is 5.75 Å². The Labute approximate surface area is 186 Å². The molecule has 0 radical (unpaired) electrons. The molecule has 3 rings (SSSR count). The van der Waals surface area contributed by atoms with Gasteiger partial charge < -0.3 is 4.74 Å². The molecule has 0 saturated carbocycles. The van der Waals surface area contributed by atoms with Crippen molar-refractivity contribution in [2.45, 2.75) is 32.9 Å². The molecular weight excluding hydrogens is 452 g/mol. The lowest BCUT2D eigenvalue weighted by molar-refractivity contribution is 0.104. The predicted octanol–water partition coefficient (Wildman–Crippen LogP) is 5.58. The number of benzene rings is 1. The van der Waals surface area contributed by atoms with Crippen molar-refractivity contribution in [1.82, 2.24) is 19.6 Å². The third kappa shape index (κ3) is 5.01. The molecule has 2 heterocycles. The molecule has 0 aliphatic rings. The first-order chi connectivity index (χ1) is 15.2. The lowest BCUT2D eigenvalue weighted by Crippen LogP contribution is -2.08. The molecule has 0 spiro atoms. The molecule has 3 aromatic rings. The molecule has 0 fully saturated rings. The smallest absolute Gasteiger partial charge is 0.283 e. The summed E-state index contributed by atoms with van der Waals surface area (Å²) in [5.41, 5.74) is -0.473. The Balaban J connectivity index is 1.90. The highest BCUT2D eigenvalue weighted by Crippen LogP contribution is 2.35. The summed E-state index contributed by atoms with van der Waals surface area (Å²) in [4.78, 5) is 12.3. The van der Waals surface area contributed by atoms with Gasteiger partial charge in [-0.05, 0) is 36.8 Å². The number of hydrogen-bond donors (Lipinski definition) is 0. The maximum Gasteiger partial charge on any atom is 0.283 e. The molecule has 0 aliphatic carbocycles. The third-order valence-corrected chi connectivity index (χ3v) is 5.03. The van der Waals surface area contributed by atoms with Gasteiger partial charge in [0.15, 0.2) is 0 Å². The average Bonchev–Trinajstić information content (AvgIpc) is 3.36. The van der Waals surface area contributed by atoms with Gasteiger partial charge in [-0.25, -0.2) is 17.6 Å². The molecule has 0 unspecified atom stereocenters. The van der Waals surface area contributed by atoms with Crippen molar-refractivity contribution in [3.63, 3.8) is 0 Å². The number of allylic oxidation sites excluding steroid dienone is 1. The number of methoxy groups -OCH3 is 1. The minimum Gasteiger partial charge on any atom is -0.496 e. The van der Waals surface area contributed by atoms with Crippen LogP contribution >= 0.6 is 11.6 Å². The Morgan fingerprint density at radius 1 is 1.19 bits per heavy atom. The number of ether oxygens (including phenoxy) is 1. The number of hydrogen-bond acceptors (Lipinski definition) is 4. The monoisotopic (exact) mass is 470 g/mol. The molecule has 0 atom stereocenters. The van der Waals surface area contributed by atoms with Crippen LogP contribution in [-0.4, -0.2) is 32.5 Å². The zero-order chi connectivity index (χ0) is 23.4. The van der Waals surface area contributed by atoms with Crippen molar-refractivity contribution in [3.05, 3.63) is 69.8 Å². The van der Waals surface area contributed by atoms with Crippen molar-refractivity contribution >= 4 is 23.5 Å². The Morgan fingerprint density at radius 3 is 2.53 bits per heavy atom. The van der Waals surface area contributed by atoms with Crippen LogP contribution < -0.4 is 4.74 Å². The maximum absolute atomic E-state index is 13.5. The number of carbonyl (C=O) groups excluding carboxylic acids is 1. The van der Waals surface area contributed by atoms with Gasteiger partial charge in [-0.3, -0.25) is 14.2 Å². The van der Waals surface area contributed by atoms with Crippen LogP contribution in [-0.2, 0) is 13.1 Å². The van der Waals surface area contributed by atoms with E-state index in [1.807, 2.05) is 6.92 Å². The number of rotatable bonds is 9. The maximum atomic E-state index is 13.5. The summed E-state index contributed by atoms with van der Waals surface area (Å²) >= 11 is 5.71. The van der Waals surface area contributed by atoms with Gasteiger partial charge >= 0.3 is 0 Å². The van der Waals surface area contributed by atoms with Crippen LogP contribution in [0.2, 0.25) is 5.02 Å². The van der Waals surface area contributed by atoms with E-state index in [2.05, 4.69) is 10.2 Å². The number of carbonyl (C=O) groups is 1. The topological polar surface area (TPSA) is 61.9 Å². The van der Waals surface area contributed by atoms with Gasteiger partial charge in [-0.2, -0.15) is 10.2 Å². The molecular formula is C21H19ClF4N4O2. The van der Waals surface area contributed by atoms with E-state index >= 15 is 0 Å². The quantitative estimate of drug-likeness (QED) is 0.233. The number of halogens is 5. The summed E-state index contributed by atoms with van der Waals surface area (Å²) in [6, 6.07) is 6.42. The highest BCUT2D eigenvalue weighted by molar-refractivity contribution is 6.32. The number of aromatic nitrogens is 4. The second kappa shape index (κ2) is 9.99. The number of ketones is 1. The fourth-order valence-electron chi connectivity index (χ4n) is 3.05. The van der Waals surface area contributed by atoms with Crippen molar-refractivity contribution in [2.24, 2.45) is 0 Å². The molecule has 1 aromatic carbocycles. The van der Waals surface area contributed by atoms with E-state index in [1.165, 1.54) is 19.3 Å². The summed E-state index contributed by atoms with van der Waals surface area (Å²) < 4.78 is 60.7. The second-order valence-electron chi connectivity index (χ2n) is 6.67. The van der Waals surface area contributed by atoms with Gasteiger partial charge in [-0.15, -0.1) is 0 Å². The zero-order valence-electron chi connectivity index (χ0n) is 17.1. The van der Waals surface area contributed by atoms with E-state index in [1.54, 1.807) is 35.1 Å². The summed E-state index contributed by atoms with van der Waals surface area (Å²) in [7, 11) is 1.39. The normalized spacial score (nSPS) is 11.8. The van der Waals surface area contributed by atoms with Crippen molar-refractivity contribution in [1.29, 1.82) is 0 Å². The molecule has 32 heavy (non-hydrogen) atoms. The summed E-state index contributed by atoms with van der Waals surface area (Å²) in [6.45, 7) is 2.24. The molecule has 0 aliphatic heterocycles. The van der Waals surface area contributed by atoms with Gasteiger partial charge in [0, 0.05) is 18.3 Å². The van der Waals surface area contributed by atoms with Crippen molar-refractivity contribution in [3.8, 4) is 5.75 Å². The van der Waals surface area contributed by atoms with E-state index in [9.17, 15) is 22.4 Å². The van der Waals surface area contributed by atoms with Crippen LogP contribution in [0.15, 0.2) is 36.5 Å². The molecule has 2 aromatic heterocycles. The average molecular weight is 471 g/mol. The van der Waals surface area contributed by atoms with Crippen LogP contribution in [0, 0.1) is 0 Å². The molecule has 0 bridgehead atoms. The van der Waals surface area contributed by atoms with Crippen molar-refractivity contribution in [2.75, 3.05) is 7.11 Å². The van der Waals surface area contributed by atoms with Gasteiger partial charge in [-0.1, -0.05) is 23.7 Å². The van der Waals surface area contributed by atoms with E-state index in [0.29, 0.717) is 23.4 Å². The molecule has 170 valence electrons. The van der Waals surface area contributed by atoms with E-state index in [0.717, 1.165) is 4.68 Å². The third-order valence-electron chi connectivity index (χ3n) is 4.64. The Morgan fingerprint density at radius 2 is 1.94 bits per heavy atom. The molecule has 0 N–H and O–H groups in total. The number of nitrogens with zero attached hydrogens (tertiary/aromatic N) is 4. The molecule has 11 heteroatoms. The SMILES string of the molecule is CCn1ccc(C(=O)/C=C/c2ccc(OC)c(Cn3nc(C(F)F)c(Cl)c3C(F)F)c2)n1. The minimum atomic E-state index is -3.10. The van der Waals surface area contributed by atoms with Gasteiger partial charge in [0.2, 0.25) is 5.78 Å². The van der Waals surface area contributed by atoms with Gasteiger partial charge in [0.05, 0.1) is 18.7 Å². The van der Waals surface area contributed by atoms with Crippen LogP contribution in [0.4, 0.5) is 17.6 Å². The summed E-state index contributed by atoms with van der Waals surface area (Å²) in [5.74, 6) is 0.0237. The first-order valence-electron chi connectivity index (χ1n) is 9.50. The largest absolute Gasteiger partial charge is 0.496 e. The highest BCUT2D eigenvalue weighted by Gasteiger charge is 2.28. The molecule has 6 nitrogen and oxygen atoms in total. The number of aryl methyl sites for hydroxylation is 1. The standard InChI is InChI=1S/C21H19ClF4N4O2/c1-3-29-9-8-14(27-29)15(31)6-4-12-5-7-16(32-2)13(10-12)11-30-19(21(25)26)17(22)18(28-30)20(23)24/h4-10,20-21H,3,11H2,1-2H3/b6-4+. The zero-order valence-corrected chi connectivity index (χ0v) is 17.9. The second-order valence-corrected chi connectivity index (χ2v) is 7.05. The first kappa shape index (κ1) is 23.5. The van der Waals surface area contributed by atoms with Gasteiger partial charge in [0.1, 0.15) is 22.8 Å². The predicted molar refractivity (Wildman–Crippen MR) is 111 cm³/mol. The first-order valence-corrected chi connectivity index (χ1v) is 9.88. The van der Waals surface area contributed by atoms with E-state index in [-0.39, 0.29) is 18.0 Å². The van der Waals surface area contributed by atoms with Gasteiger partial charge in [0.25, 0.3) is 12.9 Å². The van der Waals surface area contributed by atoms with E-state index < -0.39 is 29.3 Å². The Kier molecular flexibility index (Phi) is 7.34. The minimum absolute atomic E-state index is 0.282. The Hall–Kier alpha value is -3.14.